The van der Waals surface area contributed by atoms with Gasteiger partial charge in [-0.2, -0.15) is 0 Å². The molecule has 0 radical (unpaired) electrons. The molecule has 14 heavy (non-hydrogen) atoms. The highest BCUT2D eigenvalue weighted by atomic mass is 79.9. The van der Waals surface area contributed by atoms with Gasteiger partial charge >= 0.3 is 0 Å². The van der Waals surface area contributed by atoms with Gasteiger partial charge in [0.25, 0.3) is 0 Å². The third kappa shape index (κ3) is 4.29. The van der Waals surface area contributed by atoms with E-state index in [9.17, 15) is 0 Å². The summed E-state index contributed by atoms with van der Waals surface area (Å²) >= 11 is 3.51. The van der Waals surface area contributed by atoms with Crippen LogP contribution in [0.25, 0.3) is 0 Å². The molecule has 80 valence electrons. The van der Waals surface area contributed by atoms with E-state index in [1.54, 1.807) is 0 Å². The summed E-state index contributed by atoms with van der Waals surface area (Å²) in [6.07, 6.45) is 6.35. The summed E-state index contributed by atoms with van der Waals surface area (Å²) in [5.74, 6) is 0. The molecule has 0 aromatic heterocycles. The van der Waals surface area contributed by atoms with Gasteiger partial charge in [0.2, 0.25) is 0 Å². The van der Waals surface area contributed by atoms with E-state index in [0.717, 1.165) is 30.5 Å². The maximum absolute atomic E-state index is 5.27. The molecule has 1 aliphatic rings. The van der Waals surface area contributed by atoms with Gasteiger partial charge in [0.1, 0.15) is 0 Å². The van der Waals surface area contributed by atoms with Crippen molar-refractivity contribution in [1.29, 1.82) is 0 Å². The molecule has 3 heteroatoms. The van der Waals surface area contributed by atoms with Crippen molar-refractivity contribution in [1.82, 2.24) is 5.32 Å². The quantitative estimate of drug-likeness (QED) is 0.785. The number of ether oxygens (including phenoxy) is 1. The van der Waals surface area contributed by atoms with Crippen LogP contribution in [0.1, 0.15) is 26.7 Å². The lowest BCUT2D eigenvalue weighted by molar-refractivity contribution is 0.191. The van der Waals surface area contributed by atoms with Crippen molar-refractivity contribution in [3.8, 4) is 0 Å². The minimum atomic E-state index is 0.484. The Hall–Kier alpha value is -0.280. The van der Waals surface area contributed by atoms with Crippen molar-refractivity contribution in [2.45, 2.75) is 32.7 Å². The first-order valence-electron chi connectivity index (χ1n) is 5.09. The van der Waals surface area contributed by atoms with Gasteiger partial charge in [-0.25, -0.2) is 0 Å². The van der Waals surface area contributed by atoms with Crippen LogP contribution in [-0.2, 0) is 4.74 Å². The van der Waals surface area contributed by atoms with Gasteiger partial charge < -0.3 is 10.1 Å². The molecular formula is C11H18BrNO. The van der Waals surface area contributed by atoms with Crippen LogP contribution in [0.5, 0.6) is 0 Å². The Bertz CT molecular complexity index is 229. The highest BCUT2D eigenvalue weighted by Gasteiger charge is 2.12. The van der Waals surface area contributed by atoms with Crippen molar-refractivity contribution in [2.75, 3.05) is 13.2 Å². The van der Waals surface area contributed by atoms with Gasteiger partial charge in [-0.15, -0.1) is 0 Å². The Kier molecular flexibility index (Phi) is 5.26. The molecule has 1 unspecified atom stereocenters. The van der Waals surface area contributed by atoms with Crippen molar-refractivity contribution < 1.29 is 4.74 Å². The summed E-state index contributed by atoms with van der Waals surface area (Å²) in [5.41, 5.74) is 1.37. The molecule has 1 atom stereocenters. The van der Waals surface area contributed by atoms with Crippen LogP contribution in [0.3, 0.4) is 0 Å². The molecule has 0 aromatic rings. The fourth-order valence-electron chi connectivity index (χ4n) is 1.24. The Morgan fingerprint density at radius 1 is 1.64 bits per heavy atom. The van der Waals surface area contributed by atoms with Gasteiger partial charge in [0, 0.05) is 17.3 Å². The predicted octanol–water partition coefficient (Wildman–Crippen LogP) is 2.96. The smallest absolute Gasteiger partial charge is 0.0668 e. The van der Waals surface area contributed by atoms with Gasteiger partial charge in [-0.3, -0.25) is 0 Å². The summed E-state index contributed by atoms with van der Waals surface area (Å²) < 4.78 is 6.37. The second kappa shape index (κ2) is 6.25. The lowest BCUT2D eigenvalue weighted by Gasteiger charge is -2.07. The molecule has 0 spiro atoms. The Labute approximate surface area is 94.5 Å². The molecule has 1 heterocycles. The summed E-state index contributed by atoms with van der Waals surface area (Å²) in [5, 5.41) is 3.33. The maximum atomic E-state index is 5.27. The average molecular weight is 260 g/mol. The molecular weight excluding hydrogens is 242 g/mol. The van der Waals surface area contributed by atoms with Gasteiger partial charge in [0.05, 0.1) is 12.6 Å². The number of hydrogen-bond acceptors (Lipinski definition) is 2. The summed E-state index contributed by atoms with van der Waals surface area (Å²) in [6.45, 7) is 6.00. The standard InChI is InChI=1S/C11H18BrNO/c1-3-9(2)6-10(12)7-13-11-4-5-14-8-11/h6-7,11,13H,3-5,8H2,1-2H3/b9-6+,10-7+. The third-order valence-corrected chi connectivity index (χ3v) is 2.79. The molecule has 2 nitrogen and oxygen atoms in total. The number of hydrogen-bond donors (Lipinski definition) is 1. The monoisotopic (exact) mass is 259 g/mol. The predicted molar refractivity (Wildman–Crippen MR) is 63.4 cm³/mol. The molecule has 0 bridgehead atoms. The SMILES string of the molecule is CC/C(C)=C/C(Br)=C\NC1CCOC1. The van der Waals surface area contributed by atoms with Crippen LogP contribution in [0.4, 0.5) is 0 Å². The molecule has 0 aromatic carbocycles. The fourth-order valence-corrected chi connectivity index (χ4v) is 1.77. The first-order chi connectivity index (χ1) is 6.72. The molecule has 1 fully saturated rings. The van der Waals surface area contributed by atoms with Crippen LogP contribution in [0, 0.1) is 0 Å². The second-order valence-electron chi connectivity index (χ2n) is 3.60. The van der Waals surface area contributed by atoms with Crippen molar-refractivity contribution in [3.63, 3.8) is 0 Å². The Morgan fingerprint density at radius 3 is 3.00 bits per heavy atom. The summed E-state index contributed by atoms with van der Waals surface area (Å²) in [6, 6.07) is 0.484. The normalized spacial score (nSPS) is 24.1. The molecule has 0 saturated carbocycles. The van der Waals surface area contributed by atoms with Gasteiger partial charge in [-0.05, 0) is 41.8 Å². The zero-order valence-electron chi connectivity index (χ0n) is 8.85. The van der Waals surface area contributed by atoms with Crippen LogP contribution in [0.2, 0.25) is 0 Å². The van der Waals surface area contributed by atoms with Crippen LogP contribution < -0.4 is 5.32 Å². The van der Waals surface area contributed by atoms with E-state index < -0.39 is 0 Å². The molecule has 1 aliphatic heterocycles. The van der Waals surface area contributed by atoms with E-state index in [4.69, 9.17) is 4.74 Å². The van der Waals surface area contributed by atoms with E-state index in [1.807, 2.05) is 6.20 Å². The summed E-state index contributed by atoms with van der Waals surface area (Å²) in [7, 11) is 0. The van der Waals surface area contributed by atoms with E-state index in [1.165, 1.54) is 5.57 Å². The van der Waals surface area contributed by atoms with E-state index >= 15 is 0 Å². The summed E-state index contributed by atoms with van der Waals surface area (Å²) in [4.78, 5) is 0. The number of nitrogens with one attached hydrogen (secondary N) is 1. The molecule has 1 saturated heterocycles. The van der Waals surface area contributed by atoms with Gasteiger partial charge in [0.15, 0.2) is 0 Å². The Balaban J connectivity index is 2.35. The third-order valence-electron chi connectivity index (χ3n) is 2.33. The zero-order valence-corrected chi connectivity index (χ0v) is 10.4. The first kappa shape index (κ1) is 11.8. The lowest BCUT2D eigenvalue weighted by atomic mass is 10.2. The largest absolute Gasteiger partial charge is 0.385 e. The van der Waals surface area contributed by atoms with E-state index in [-0.39, 0.29) is 0 Å². The van der Waals surface area contributed by atoms with Crippen LogP contribution in [-0.4, -0.2) is 19.3 Å². The van der Waals surface area contributed by atoms with Crippen molar-refractivity contribution in [2.24, 2.45) is 0 Å². The first-order valence-corrected chi connectivity index (χ1v) is 5.88. The maximum Gasteiger partial charge on any atom is 0.0668 e. The Morgan fingerprint density at radius 2 is 2.43 bits per heavy atom. The fraction of sp³-hybridized carbons (Fsp3) is 0.636. The van der Waals surface area contributed by atoms with E-state index in [0.29, 0.717) is 6.04 Å². The van der Waals surface area contributed by atoms with E-state index in [2.05, 4.69) is 41.2 Å². The second-order valence-corrected chi connectivity index (χ2v) is 4.52. The minimum absolute atomic E-state index is 0.484. The highest BCUT2D eigenvalue weighted by molar-refractivity contribution is 9.11. The number of halogens is 1. The topological polar surface area (TPSA) is 21.3 Å². The lowest BCUT2D eigenvalue weighted by Crippen LogP contribution is -2.23. The molecule has 1 N–H and O–H groups in total. The minimum Gasteiger partial charge on any atom is -0.385 e. The molecule has 0 amide bonds. The zero-order chi connectivity index (χ0) is 10.4. The average Bonchev–Trinajstić information content (AvgIpc) is 2.67. The van der Waals surface area contributed by atoms with Crippen molar-refractivity contribution >= 4 is 15.9 Å². The number of rotatable bonds is 4. The van der Waals surface area contributed by atoms with Crippen molar-refractivity contribution in [3.05, 3.63) is 22.3 Å². The highest BCUT2D eigenvalue weighted by Crippen LogP contribution is 2.12. The van der Waals surface area contributed by atoms with Crippen LogP contribution >= 0.6 is 15.9 Å². The van der Waals surface area contributed by atoms with Crippen LogP contribution in [0.15, 0.2) is 22.3 Å². The number of allylic oxidation sites excluding steroid dienone is 3. The van der Waals surface area contributed by atoms with Gasteiger partial charge in [-0.1, -0.05) is 12.5 Å². The molecule has 0 aliphatic carbocycles. The molecule has 1 rings (SSSR count).